The fourth-order valence-electron chi connectivity index (χ4n) is 9.75. The lowest BCUT2D eigenvalue weighted by Crippen LogP contribution is -2.49. The highest BCUT2D eigenvalue weighted by Gasteiger charge is 2.32. The van der Waals surface area contributed by atoms with E-state index in [2.05, 4.69) is 86.6 Å². The van der Waals surface area contributed by atoms with Crippen LogP contribution in [0.1, 0.15) is 84.6 Å². The van der Waals surface area contributed by atoms with Crippen LogP contribution < -0.4 is 76.5 Å². The highest BCUT2D eigenvalue weighted by atomic mass is 16.3. The Morgan fingerprint density at radius 1 is 0.403 bits per heavy atom. The van der Waals surface area contributed by atoms with E-state index in [-0.39, 0.29) is 137 Å². The van der Waals surface area contributed by atoms with Gasteiger partial charge in [-0.15, -0.1) is 21.9 Å². The summed E-state index contributed by atoms with van der Waals surface area (Å²) in [6.07, 6.45) is 0. The fourth-order valence-corrected chi connectivity index (χ4v) is 9.75. The van der Waals surface area contributed by atoms with Crippen molar-refractivity contribution in [2.75, 3.05) is 0 Å². The van der Waals surface area contributed by atoms with Crippen molar-refractivity contribution in [3.63, 3.8) is 0 Å². The minimum atomic E-state index is -0.398. The minimum absolute atomic E-state index is 0.0000849. The molecular weight excluding hydrogens is 798 g/mol. The average molecular weight is 829 g/mol. The normalized spacial score (nSPS) is 12.8. The number of fused-ring (bicyclic) bond motifs is 9. The number of rotatable bonds is 2. The van der Waals surface area contributed by atoms with E-state index < -0.39 is 5.41 Å². The number of hydrogen-bond acceptors (Lipinski definition) is 2. The van der Waals surface area contributed by atoms with Gasteiger partial charge in [-0.1, -0.05) is 123 Å². The van der Waals surface area contributed by atoms with Crippen molar-refractivity contribution < 1.29 is 4.42 Å². The van der Waals surface area contributed by atoms with Gasteiger partial charge in [0.05, 0.1) is 11.8 Å². The van der Waals surface area contributed by atoms with Crippen LogP contribution in [0.2, 0.25) is 0 Å². The van der Waals surface area contributed by atoms with Crippen molar-refractivity contribution in [1.82, 2.24) is 9.13 Å². The molecule has 0 unspecified atom stereocenters. The van der Waals surface area contributed by atoms with Crippen molar-refractivity contribution in [1.29, 1.82) is 5.26 Å². The summed E-state index contributed by atoms with van der Waals surface area (Å²) < 4.78 is 10.5. The van der Waals surface area contributed by atoms with Gasteiger partial charge in [0.2, 0.25) is 0 Å². The second-order valence-electron chi connectivity index (χ2n) is 20.8. The van der Waals surface area contributed by atoms with E-state index in [0.717, 1.165) is 33.0 Å². The molecule has 28 radical (unpaired) electrons. The molecule has 0 atom stereocenters. The molecule has 3 heterocycles. The molecule has 0 N–H and O–H groups in total. The number of nitriles is 1. The molecule has 9 aromatic rings. The molecule has 0 saturated heterocycles. The van der Waals surface area contributed by atoms with Crippen LogP contribution in [-0.2, 0) is 16.2 Å². The van der Waals surface area contributed by atoms with Crippen LogP contribution in [0.4, 0.5) is 0 Å². The maximum absolute atomic E-state index is 10.6. The summed E-state index contributed by atoms with van der Waals surface area (Å²) in [4.78, 5) is 0. The monoisotopic (exact) mass is 831 g/mol. The smallest absolute Gasteiger partial charge is 0.159 e. The van der Waals surface area contributed by atoms with Gasteiger partial charge in [-0.05, 0) is 56.3 Å². The Balaban J connectivity index is 1.59. The Hall–Kier alpha value is -4.88. The Kier molecular flexibility index (Phi) is 10.6. The highest BCUT2D eigenvalue weighted by Crippen LogP contribution is 2.44. The predicted molar refractivity (Wildman–Crippen MR) is 299 cm³/mol. The SMILES string of the molecule is [B]c1c([B])c([B])c2c(c1[B])c1c([B])c([B])c([B])c([B])c1n2-c1c([B])c([B])c2c(c1[B])c1c([B])c(C#N)c([B])c([B])c1n2-c1cc(C(C)(C)C)cc2c1oc1c(C(C)(C)C)cc(C(C)(C)C)cc12. The van der Waals surface area contributed by atoms with Gasteiger partial charge in [-0.25, -0.2) is 0 Å². The van der Waals surface area contributed by atoms with Crippen LogP contribution >= 0.6 is 0 Å². The Labute approximate surface area is 411 Å². The molecule has 18 heteroatoms. The Bertz CT molecular complexity index is 3730. The lowest BCUT2D eigenvalue weighted by atomic mass is 9.63. The van der Waals surface area contributed by atoms with Crippen molar-refractivity contribution in [3.8, 4) is 17.4 Å². The zero-order valence-corrected chi connectivity index (χ0v) is 39.1. The van der Waals surface area contributed by atoms with Gasteiger partial charge < -0.3 is 13.6 Å². The molecular formula is C49H31B14N3O. The van der Waals surface area contributed by atoms with E-state index in [1.165, 1.54) is 0 Å². The molecule has 0 aliphatic rings. The van der Waals surface area contributed by atoms with Crippen LogP contribution in [0.5, 0.6) is 0 Å². The molecule has 67 heavy (non-hydrogen) atoms. The van der Waals surface area contributed by atoms with E-state index in [1.807, 2.05) is 10.6 Å². The molecule has 6 aromatic carbocycles. The topological polar surface area (TPSA) is 46.8 Å². The molecule has 4 nitrogen and oxygen atoms in total. The van der Waals surface area contributed by atoms with Crippen LogP contribution in [0.3, 0.4) is 0 Å². The molecule has 0 aliphatic carbocycles. The third-order valence-electron chi connectivity index (χ3n) is 13.6. The molecule has 290 valence electrons. The first-order valence-corrected chi connectivity index (χ1v) is 21.6. The van der Waals surface area contributed by atoms with Crippen LogP contribution in [-0.4, -0.2) is 119 Å². The Morgan fingerprint density at radius 3 is 1.25 bits per heavy atom. The van der Waals surface area contributed by atoms with Gasteiger partial charge in [-0.3, -0.25) is 0 Å². The number of benzene rings is 6. The minimum Gasteiger partial charge on any atom is -0.454 e. The largest absolute Gasteiger partial charge is 0.454 e. The van der Waals surface area contributed by atoms with Gasteiger partial charge in [0.1, 0.15) is 115 Å². The van der Waals surface area contributed by atoms with Crippen molar-refractivity contribution in [2.45, 2.75) is 78.6 Å². The first kappa shape index (κ1) is 47.2. The van der Waals surface area contributed by atoms with Crippen molar-refractivity contribution in [3.05, 3.63) is 46.5 Å². The quantitative estimate of drug-likeness (QED) is 0.172. The molecule has 0 amide bonds. The first-order valence-electron chi connectivity index (χ1n) is 21.6. The van der Waals surface area contributed by atoms with Gasteiger partial charge in [0.15, 0.2) is 5.58 Å². The zero-order valence-electron chi connectivity index (χ0n) is 39.1. The van der Waals surface area contributed by atoms with Gasteiger partial charge in [0, 0.05) is 60.4 Å². The number of hydrogen-bond donors (Lipinski definition) is 0. The third kappa shape index (κ3) is 6.37. The molecule has 0 aliphatic heterocycles. The summed E-state index contributed by atoms with van der Waals surface area (Å²) in [5.41, 5.74) is 4.86. The molecule has 0 bridgehead atoms. The summed E-state index contributed by atoms with van der Waals surface area (Å²) in [5.74, 6) is 0. The second kappa shape index (κ2) is 15.1. The number of aromatic nitrogens is 2. The van der Waals surface area contributed by atoms with Gasteiger partial charge in [-0.2, -0.15) is 5.26 Å². The van der Waals surface area contributed by atoms with Crippen molar-refractivity contribution >= 4 is 252 Å². The Morgan fingerprint density at radius 2 is 0.791 bits per heavy atom. The molecule has 0 saturated carbocycles. The average Bonchev–Trinajstić information content (AvgIpc) is 3.92. The fraction of sp³-hybridized carbons (Fsp3) is 0.245. The molecule has 3 aromatic heterocycles. The summed E-state index contributed by atoms with van der Waals surface area (Å²) in [6, 6.07) is 10.7. The summed E-state index contributed by atoms with van der Waals surface area (Å²) in [6.45, 7) is 19.4. The molecule has 0 fully saturated rings. The third-order valence-corrected chi connectivity index (χ3v) is 13.6. The predicted octanol–water partition coefficient (Wildman–Crippen LogP) is -3.34. The van der Waals surface area contributed by atoms with Gasteiger partial charge >= 0.3 is 0 Å². The van der Waals surface area contributed by atoms with Crippen LogP contribution in [0.25, 0.3) is 76.9 Å². The zero-order chi connectivity index (χ0) is 49.4. The summed E-state index contributed by atoms with van der Waals surface area (Å²) in [7, 11) is 96.2. The number of furan rings is 1. The van der Waals surface area contributed by atoms with Gasteiger partial charge in [0.25, 0.3) is 0 Å². The van der Waals surface area contributed by atoms with E-state index in [0.29, 0.717) is 16.8 Å². The van der Waals surface area contributed by atoms with Crippen LogP contribution in [0, 0.1) is 11.3 Å². The highest BCUT2D eigenvalue weighted by molar-refractivity contribution is 6.72. The van der Waals surface area contributed by atoms with E-state index in [1.54, 1.807) is 4.57 Å². The maximum atomic E-state index is 10.6. The summed E-state index contributed by atoms with van der Waals surface area (Å²) in [5, 5.41) is 13.4. The maximum Gasteiger partial charge on any atom is 0.159 e. The van der Waals surface area contributed by atoms with Crippen LogP contribution in [0.15, 0.2) is 28.7 Å². The van der Waals surface area contributed by atoms with E-state index in [9.17, 15) is 5.26 Å². The standard InChI is InChI=1S/C49H31B14N3O/c1-47(2,3)15-10-17-18-11-16(48(4,5)6)13-21(46(18)67-45(17)20(12-15)49(7,8)9)65-40-22(26(50)19(14-64)27(51)35(40)59)25-30(54)44(39(63)38(62)41(25)65)66-42-23(28(52)31(55)33(57)36(42)60)24-29(53)32(56)34(58)37(61)43(24)66/h10-13H,1-9H3. The van der Waals surface area contributed by atoms with E-state index in [4.69, 9.17) is 114 Å². The summed E-state index contributed by atoms with van der Waals surface area (Å²) >= 11 is 0. The van der Waals surface area contributed by atoms with Crippen molar-refractivity contribution in [2.24, 2.45) is 0 Å². The second-order valence-corrected chi connectivity index (χ2v) is 20.8. The lowest BCUT2D eigenvalue weighted by Gasteiger charge is -2.25. The van der Waals surface area contributed by atoms with E-state index >= 15 is 0 Å². The first-order chi connectivity index (χ1) is 31.0. The lowest BCUT2D eigenvalue weighted by molar-refractivity contribution is 0.559. The molecule has 0 spiro atoms. The molecule has 9 rings (SSSR count). The number of nitrogens with zero attached hydrogens (tertiary/aromatic N) is 3.